The first-order valence-corrected chi connectivity index (χ1v) is 9.45. The fourth-order valence-electron chi connectivity index (χ4n) is 2.38. The summed E-state index contributed by atoms with van der Waals surface area (Å²) in [6.07, 6.45) is 4.94. The summed E-state index contributed by atoms with van der Waals surface area (Å²) in [6, 6.07) is 9.13. The molecule has 0 atom stereocenters. The number of methoxy groups -OCH3 is 1. The Bertz CT molecular complexity index is 1060. The van der Waals surface area contributed by atoms with E-state index in [1.165, 1.54) is 24.5 Å². The zero-order chi connectivity index (χ0) is 18.5. The molecule has 132 valence electrons. The van der Waals surface area contributed by atoms with Crippen LogP contribution in [-0.2, 0) is 16.1 Å². The van der Waals surface area contributed by atoms with Gasteiger partial charge in [0.25, 0.3) is 5.91 Å². The van der Waals surface area contributed by atoms with Crippen molar-refractivity contribution in [3.05, 3.63) is 69.7 Å². The lowest BCUT2D eigenvalue weighted by atomic mass is 10.2. The highest BCUT2D eigenvalue weighted by Gasteiger charge is 2.11. The van der Waals surface area contributed by atoms with Crippen molar-refractivity contribution in [1.29, 1.82) is 0 Å². The van der Waals surface area contributed by atoms with Gasteiger partial charge in [-0.3, -0.25) is 4.79 Å². The SMILES string of the molecule is C=CCn1c(=NC(=O)C=Cc2cccs2)sc2cc(C(=O)OC)ccc21. The lowest BCUT2D eigenvalue weighted by molar-refractivity contribution is -0.113. The first-order chi connectivity index (χ1) is 12.6. The Hall–Kier alpha value is -2.77. The molecule has 2 aromatic heterocycles. The second-order valence-electron chi connectivity index (χ2n) is 5.26. The normalized spacial score (nSPS) is 12.0. The van der Waals surface area contributed by atoms with Crippen molar-refractivity contribution in [2.75, 3.05) is 7.11 Å². The van der Waals surface area contributed by atoms with Crippen LogP contribution in [0.2, 0.25) is 0 Å². The first kappa shape index (κ1) is 18.0. The van der Waals surface area contributed by atoms with E-state index in [9.17, 15) is 9.59 Å². The summed E-state index contributed by atoms with van der Waals surface area (Å²) >= 11 is 2.90. The number of thiazole rings is 1. The Morgan fingerprint density at radius 1 is 1.35 bits per heavy atom. The van der Waals surface area contributed by atoms with Crippen molar-refractivity contribution in [2.45, 2.75) is 6.54 Å². The number of esters is 1. The third kappa shape index (κ3) is 3.89. The molecule has 5 nitrogen and oxygen atoms in total. The van der Waals surface area contributed by atoms with Gasteiger partial charge in [0.2, 0.25) is 0 Å². The molecular formula is C19H16N2O3S2. The monoisotopic (exact) mass is 384 g/mol. The highest BCUT2D eigenvalue weighted by Crippen LogP contribution is 2.20. The van der Waals surface area contributed by atoms with E-state index in [1.54, 1.807) is 35.6 Å². The van der Waals surface area contributed by atoms with Crippen molar-refractivity contribution in [3.63, 3.8) is 0 Å². The number of carbonyl (C=O) groups is 2. The van der Waals surface area contributed by atoms with Crippen LogP contribution in [0, 0.1) is 0 Å². The third-order valence-corrected chi connectivity index (χ3v) is 5.43. The van der Waals surface area contributed by atoms with E-state index < -0.39 is 5.97 Å². The molecule has 26 heavy (non-hydrogen) atoms. The van der Waals surface area contributed by atoms with Crippen LogP contribution < -0.4 is 4.80 Å². The number of hydrogen-bond acceptors (Lipinski definition) is 5. The van der Waals surface area contributed by atoms with Gasteiger partial charge in [0, 0.05) is 17.5 Å². The molecule has 0 bridgehead atoms. The van der Waals surface area contributed by atoms with E-state index >= 15 is 0 Å². The van der Waals surface area contributed by atoms with Gasteiger partial charge in [0.1, 0.15) is 0 Å². The number of fused-ring (bicyclic) bond motifs is 1. The fourth-order valence-corrected chi connectivity index (χ4v) is 4.08. The van der Waals surface area contributed by atoms with Crippen LogP contribution in [0.15, 0.2) is 59.4 Å². The molecule has 0 saturated heterocycles. The van der Waals surface area contributed by atoms with Crippen LogP contribution in [-0.4, -0.2) is 23.6 Å². The molecule has 0 radical (unpaired) electrons. The summed E-state index contributed by atoms with van der Waals surface area (Å²) in [4.78, 5) is 29.7. The van der Waals surface area contributed by atoms with Crippen molar-refractivity contribution in [1.82, 2.24) is 4.57 Å². The van der Waals surface area contributed by atoms with Crippen LogP contribution in [0.4, 0.5) is 0 Å². The Balaban J connectivity index is 2.02. The van der Waals surface area contributed by atoms with Gasteiger partial charge in [-0.15, -0.1) is 17.9 Å². The number of thiophene rings is 1. The number of hydrogen-bond donors (Lipinski definition) is 0. The van der Waals surface area contributed by atoms with E-state index in [0.29, 0.717) is 16.9 Å². The molecule has 3 rings (SSSR count). The number of rotatable bonds is 5. The Labute approximate surface area is 158 Å². The maximum Gasteiger partial charge on any atom is 0.337 e. The van der Waals surface area contributed by atoms with E-state index in [1.807, 2.05) is 28.1 Å². The number of nitrogens with zero attached hydrogens (tertiary/aromatic N) is 2. The van der Waals surface area contributed by atoms with Gasteiger partial charge < -0.3 is 9.30 Å². The first-order valence-electron chi connectivity index (χ1n) is 7.75. The molecule has 2 heterocycles. The molecule has 3 aromatic rings. The Morgan fingerprint density at radius 3 is 2.88 bits per heavy atom. The van der Waals surface area contributed by atoms with Crippen LogP contribution in [0.5, 0.6) is 0 Å². The standard InChI is InChI=1S/C19H16N2O3S2/c1-3-10-21-15-8-6-13(18(23)24-2)12-16(15)26-19(21)20-17(22)9-7-14-5-4-11-25-14/h3-9,11-12H,1,10H2,2H3. The van der Waals surface area contributed by atoms with E-state index in [-0.39, 0.29) is 5.91 Å². The van der Waals surface area contributed by atoms with Crippen LogP contribution >= 0.6 is 22.7 Å². The zero-order valence-electron chi connectivity index (χ0n) is 14.0. The predicted molar refractivity (Wildman–Crippen MR) is 105 cm³/mol. The highest BCUT2D eigenvalue weighted by atomic mass is 32.1. The fraction of sp³-hybridized carbons (Fsp3) is 0.105. The zero-order valence-corrected chi connectivity index (χ0v) is 15.7. The summed E-state index contributed by atoms with van der Waals surface area (Å²) < 4.78 is 7.50. The molecular weight excluding hydrogens is 368 g/mol. The minimum atomic E-state index is -0.399. The molecule has 0 aliphatic heterocycles. The van der Waals surface area contributed by atoms with E-state index in [0.717, 1.165) is 15.1 Å². The number of ether oxygens (including phenoxy) is 1. The molecule has 0 spiro atoms. The molecule has 0 aliphatic rings. The summed E-state index contributed by atoms with van der Waals surface area (Å²) in [5, 5.41) is 1.95. The molecule has 0 aliphatic carbocycles. The third-order valence-electron chi connectivity index (χ3n) is 3.55. The minimum Gasteiger partial charge on any atom is -0.465 e. The number of carbonyl (C=O) groups excluding carboxylic acids is 2. The molecule has 7 heteroatoms. The summed E-state index contributed by atoms with van der Waals surface area (Å²) in [6.45, 7) is 4.27. The molecule has 0 fully saturated rings. The topological polar surface area (TPSA) is 60.7 Å². The quantitative estimate of drug-likeness (QED) is 0.381. The second-order valence-corrected chi connectivity index (χ2v) is 7.25. The van der Waals surface area contributed by atoms with Gasteiger partial charge in [-0.05, 0) is 35.7 Å². The Morgan fingerprint density at radius 2 is 2.19 bits per heavy atom. The van der Waals surface area contributed by atoms with Crippen LogP contribution in [0.3, 0.4) is 0 Å². The number of aromatic nitrogens is 1. The molecule has 1 amide bonds. The van der Waals surface area contributed by atoms with Gasteiger partial charge in [-0.1, -0.05) is 23.5 Å². The van der Waals surface area contributed by atoms with Gasteiger partial charge in [0.15, 0.2) is 4.80 Å². The van der Waals surface area contributed by atoms with Crippen LogP contribution in [0.25, 0.3) is 16.3 Å². The maximum absolute atomic E-state index is 12.2. The predicted octanol–water partition coefficient (Wildman–Crippen LogP) is 3.88. The highest BCUT2D eigenvalue weighted by molar-refractivity contribution is 7.16. The van der Waals surface area contributed by atoms with Crippen molar-refractivity contribution in [2.24, 2.45) is 4.99 Å². The van der Waals surface area contributed by atoms with Crippen molar-refractivity contribution in [3.8, 4) is 0 Å². The Kier molecular flexibility index (Phi) is 5.60. The van der Waals surface area contributed by atoms with Gasteiger partial charge in [0.05, 0.1) is 22.9 Å². The molecule has 0 unspecified atom stereocenters. The van der Waals surface area contributed by atoms with Crippen molar-refractivity contribution >= 4 is 50.8 Å². The number of amides is 1. The largest absolute Gasteiger partial charge is 0.465 e. The smallest absolute Gasteiger partial charge is 0.337 e. The summed E-state index contributed by atoms with van der Waals surface area (Å²) in [5.41, 5.74) is 1.35. The average Bonchev–Trinajstić information content (AvgIpc) is 3.27. The summed E-state index contributed by atoms with van der Waals surface area (Å²) in [7, 11) is 1.35. The van der Waals surface area contributed by atoms with Gasteiger partial charge in [-0.25, -0.2) is 4.79 Å². The minimum absolute atomic E-state index is 0.337. The number of benzene rings is 1. The molecule has 1 aromatic carbocycles. The second kappa shape index (κ2) is 8.07. The molecule has 0 N–H and O–H groups in total. The van der Waals surface area contributed by atoms with E-state index in [4.69, 9.17) is 4.74 Å². The lowest BCUT2D eigenvalue weighted by Crippen LogP contribution is -2.15. The maximum atomic E-state index is 12.2. The van der Waals surface area contributed by atoms with Gasteiger partial charge in [-0.2, -0.15) is 4.99 Å². The van der Waals surface area contributed by atoms with Gasteiger partial charge >= 0.3 is 5.97 Å². The average molecular weight is 384 g/mol. The number of allylic oxidation sites excluding steroid dienone is 1. The lowest BCUT2D eigenvalue weighted by Gasteiger charge is -2.02. The van der Waals surface area contributed by atoms with Crippen molar-refractivity contribution < 1.29 is 14.3 Å². The molecule has 0 saturated carbocycles. The summed E-state index contributed by atoms with van der Waals surface area (Å²) in [5.74, 6) is -0.736. The van der Waals surface area contributed by atoms with E-state index in [2.05, 4.69) is 11.6 Å². The van der Waals surface area contributed by atoms with Crippen LogP contribution in [0.1, 0.15) is 15.2 Å².